The van der Waals surface area contributed by atoms with Gasteiger partial charge in [-0.3, -0.25) is 9.69 Å². The van der Waals surface area contributed by atoms with Crippen LogP contribution in [0.4, 0.5) is 4.79 Å². The lowest BCUT2D eigenvalue weighted by molar-refractivity contribution is -0.149. The van der Waals surface area contributed by atoms with Crippen LogP contribution < -0.4 is 0 Å². The van der Waals surface area contributed by atoms with Crippen LogP contribution in [0.15, 0.2) is 28.8 Å². The summed E-state index contributed by atoms with van der Waals surface area (Å²) in [6.07, 6.45) is 4.33. The normalized spacial score (nSPS) is 16.4. The van der Waals surface area contributed by atoms with Crippen molar-refractivity contribution in [1.29, 1.82) is 0 Å². The number of rotatable bonds is 4. The van der Waals surface area contributed by atoms with Gasteiger partial charge in [0.2, 0.25) is 12.7 Å². The van der Waals surface area contributed by atoms with Gasteiger partial charge in [-0.2, -0.15) is 0 Å². The Balaban J connectivity index is 1.92. The van der Waals surface area contributed by atoms with E-state index in [0.29, 0.717) is 31.3 Å². The van der Waals surface area contributed by atoms with Crippen molar-refractivity contribution in [2.45, 2.75) is 20.4 Å². The lowest BCUT2D eigenvalue weighted by atomic mass is 10.5. The van der Waals surface area contributed by atoms with Gasteiger partial charge < -0.3 is 18.8 Å². The fraction of sp³-hybridized carbons (Fsp3) is 0.462. The number of allylic oxidation sites excluding steroid dienone is 1. The van der Waals surface area contributed by atoms with Crippen LogP contribution in [-0.2, 0) is 20.8 Å². The maximum absolute atomic E-state index is 11.9. The molecule has 0 atom stereocenters. The van der Waals surface area contributed by atoms with E-state index in [1.54, 1.807) is 6.20 Å². The molecule has 0 radical (unpaired) electrons. The van der Waals surface area contributed by atoms with Crippen molar-refractivity contribution in [3.05, 3.63) is 30.2 Å². The fourth-order valence-corrected chi connectivity index (χ4v) is 2.04. The maximum atomic E-state index is 11.9. The number of hydrogen-bond donors (Lipinski definition) is 0. The summed E-state index contributed by atoms with van der Waals surface area (Å²) in [5.74, 6) is 0.784. The molecule has 114 valence electrons. The third-order valence-electron chi connectivity index (χ3n) is 2.93. The quantitative estimate of drug-likeness (QED) is 0.611. The Labute approximate surface area is 121 Å². The maximum Gasteiger partial charge on any atom is 0.418 e. The molecule has 1 aliphatic heterocycles. The summed E-state index contributed by atoms with van der Waals surface area (Å²) in [5, 5.41) is 0. The van der Waals surface area contributed by atoms with Gasteiger partial charge in [0.1, 0.15) is 12.1 Å². The molecule has 1 saturated heterocycles. The number of esters is 1. The predicted molar refractivity (Wildman–Crippen MR) is 70.5 cm³/mol. The van der Waals surface area contributed by atoms with Crippen LogP contribution in [0, 0.1) is 0 Å². The van der Waals surface area contributed by atoms with Gasteiger partial charge in [0.25, 0.3) is 0 Å². The minimum atomic E-state index is -0.556. The Bertz CT molecular complexity index is 526. The third kappa shape index (κ3) is 3.74. The Morgan fingerprint density at radius 1 is 1.43 bits per heavy atom. The molecule has 2 rings (SSSR count). The Morgan fingerprint density at radius 2 is 2.24 bits per heavy atom. The number of carbonyl (C=O) groups is 2. The van der Waals surface area contributed by atoms with Crippen LogP contribution in [-0.4, -0.2) is 46.7 Å². The lowest BCUT2D eigenvalue weighted by Crippen LogP contribution is -2.30. The average Bonchev–Trinajstić information content (AvgIpc) is 3.08. The molecule has 0 unspecified atom stereocenters. The van der Waals surface area contributed by atoms with E-state index in [4.69, 9.17) is 9.15 Å². The molecule has 0 aromatic carbocycles. The van der Waals surface area contributed by atoms with Gasteiger partial charge in [0.15, 0.2) is 0 Å². The molecule has 8 nitrogen and oxygen atoms in total. The first-order valence-electron chi connectivity index (χ1n) is 6.49. The Morgan fingerprint density at radius 3 is 2.86 bits per heavy atom. The number of oxazole rings is 1. The second-order valence-corrected chi connectivity index (χ2v) is 4.31. The van der Waals surface area contributed by atoms with E-state index < -0.39 is 12.1 Å². The van der Waals surface area contributed by atoms with E-state index in [1.807, 2.05) is 17.9 Å². The van der Waals surface area contributed by atoms with Crippen molar-refractivity contribution < 1.29 is 23.5 Å². The minimum absolute atomic E-state index is 0.387. The van der Waals surface area contributed by atoms with Crippen molar-refractivity contribution >= 4 is 12.1 Å². The number of ether oxygens (including phenoxy) is 2. The SMILES string of the molecule is C/C=C1\N(Cc2ncco2)CCN1C(=O)OCOC(C)=O. The standard InChI is InChI=1S/C13H17N3O5/c1-3-12-15(8-11-14-4-7-19-11)5-6-16(12)13(18)21-9-20-10(2)17/h3-4,7H,5-6,8-9H2,1-2H3/b12-3+. The summed E-state index contributed by atoms with van der Waals surface area (Å²) in [6, 6.07) is 0. The summed E-state index contributed by atoms with van der Waals surface area (Å²) >= 11 is 0. The topological polar surface area (TPSA) is 85.1 Å². The van der Waals surface area contributed by atoms with E-state index in [9.17, 15) is 9.59 Å². The summed E-state index contributed by atoms with van der Waals surface area (Å²) in [7, 11) is 0. The van der Waals surface area contributed by atoms with Crippen LogP contribution in [0.2, 0.25) is 0 Å². The molecule has 0 bridgehead atoms. The third-order valence-corrected chi connectivity index (χ3v) is 2.93. The molecule has 1 fully saturated rings. The van der Waals surface area contributed by atoms with E-state index in [0.717, 1.165) is 0 Å². The second-order valence-electron chi connectivity index (χ2n) is 4.31. The molecule has 0 saturated carbocycles. The van der Waals surface area contributed by atoms with Crippen LogP contribution in [0.25, 0.3) is 0 Å². The first kappa shape index (κ1) is 14.9. The van der Waals surface area contributed by atoms with Gasteiger partial charge in [-0.05, 0) is 13.0 Å². The zero-order chi connectivity index (χ0) is 15.2. The van der Waals surface area contributed by atoms with Gasteiger partial charge in [-0.15, -0.1) is 0 Å². The van der Waals surface area contributed by atoms with Crippen molar-refractivity contribution in [2.24, 2.45) is 0 Å². The number of amides is 1. The predicted octanol–water partition coefficient (Wildman–Crippen LogP) is 1.31. The monoisotopic (exact) mass is 295 g/mol. The molecule has 2 heterocycles. The number of hydrogen-bond acceptors (Lipinski definition) is 7. The fourth-order valence-electron chi connectivity index (χ4n) is 2.04. The van der Waals surface area contributed by atoms with Crippen LogP contribution in [0.1, 0.15) is 19.7 Å². The van der Waals surface area contributed by atoms with E-state index in [2.05, 4.69) is 9.72 Å². The van der Waals surface area contributed by atoms with Crippen molar-refractivity contribution in [3.8, 4) is 0 Å². The van der Waals surface area contributed by atoms with E-state index >= 15 is 0 Å². The van der Waals surface area contributed by atoms with Crippen molar-refractivity contribution in [3.63, 3.8) is 0 Å². The van der Waals surface area contributed by atoms with Gasteiger partial charge in [0.05, 0.1) is 12.7 Å². The van der Waals surface area contributed by atoms with Gasteiger partial charge >= 0.3 is 12.1 Å². The van der Waals surface area contributed by atoms with Gasteiger partial charge in [-0.25, -0.2) is 9.78 Å². The number of carbonyl (C=O) groups excluding carboxylic acids is 2. The number of nitrogens with zero attached hydrogens (tertiary/aromatic N) is 3. The first-order valence-corrected chi connectivity index (χ1v) is 6.49. The Kier molecular flexibility index (Phi) is 4.81. The molecule has 1 aromatic rings. The highest BCUT2D eigenvalue weighted by Crippen LogP contribution is 2.21. The molecule has 0 aliphatic carbocycles. The highest BCUT2D eigenvalue weighted by atomic mass is 16.7. The number of aromatic nitrogens is 1. The molecule has 1 aliphatic rings. The van der Waals surface area contributed by atoms with Gasteiger partial charge in [0, 0.05) is 20.0 Å². The average molecular weight is 295 g/mol. The smallest absolute Gasteiger partial charge is 0.418 e. The summed E-state index contributed by atoms with van der Waals surface area (Å²) in [5.41, 5.74) is 0. The summed E-state index contributed by atoms with van der Waals surface area (Å²) in [6.45, 7) is 4.29. The lowest BCUT2D eigenvalue weighted by Gasteiger charge is -2.21. The molecule has 21 heavy (non-hydrogen) atoms. The minimum Gasteiger partial charge on any atom is -0.447 e. The summed E-state index contributed by atoms with van der Waals surface area (Å²) in [4.78, 5) is 30.1. The van der Waals surface area contributed by atoms with E-state index in [1.165, 1.54) is 18.1 Å². The van der Waals surface area contributed by atoms with Crippen LogP contribution in [0.3, 0.4) is 0 Å². The summed E-state index contributed by atoms with van der Waals surface area (Å²) < 4.78 is 14.7. The zero-order valence-electron chi connectivity index (χ0n) is 11.9. The van der Waals surface area contributed by atoms with Crippen molar-refractivity contribution in [2.75, 3.05) is 19.9 Å². The molecule has 1 aromatic heterocycles. The van der Waals surface area contributed by atoms with Crippen LogP contribution >= 0.6 is 0 Å². The first-order chi connectivity index (χ1) is 10.1. The zero-order valence-corrected chi connectivity index (χ0v) is 11.9. The second kappa shape index (κ2) is 6.78. The largest absolute Gasteiger partial charge is 0.447 e. The molecular formula is C13H17N3O5. The van der Waals surface area contributed by atoms with Crippen molar-refractivity contribution in [1.82, 2.24) is 14.8 Å². The van der Waals surface area contributed by atoms with Crippen LogP contribution in [0.5, 0.6) is 0 Å². The molecule has 1 amide bonds. The highest BCUT2D eigenvalue weighted by molar-refractivity contribution is 5.71. The highest BCUT2D eigenvalue weighted by Gasteiger charge is 2.30. The van der Waals surface area contributed by atoms with Gasteiger partial charge in [-0.1, -0.05) is 0 Å². The Hall–Kier alpha value is -2.51. The molecule has 0 spiro atoms. The van der Waals surface area contributed by atoms with E-state index in [-0.39, 0.29) is 6.79 Å². The molecule has 8 heteroatoms. The molecular weight excluding hydrogens is 278 g/mol. The molecule has 0 N–H and O–H groups in total.